The number of anilines is 2. The average molecular weight is 475 g/mol. The second-order valence-corrected chi connectivity index (χ2v) is 10.3. The molecular formula is C29H38N4S. The third-order valence-electron chi connectivity index (χ3n) is 6.46. The van der Waals surface area contributed by atoms with Crippen molar-refractivity contribution in [3.05, 3.63) is 72.1 Å². The first-order valence-corrected chi connectivity index (χ1v) is 13.6. The predicted molar refractivity (Wildman–Crippen MR) is 148 cm³/mol. The molecule has 0 spiro atoms. The maximum Gasteiger partial charge on any atom is 0.0398 e. The summed E-state index contributed by atoms with van der Waals surface area (Å²) in [7, 11) is 0. The van der Waals surface area contributed by atoms with E-state index in [4.69, 9.17) is 0 Å². The molecule has 5 heteroatoms. The normalized spacial score (nSPS) is 13.8. The van der Waals surface area contributed by atoms with Crippen molar-refractivity contribution in [1.29, 1.82) is 0 Å². The third kappa shape index (κ3) is 7.00. The molecule has 0 unspecified atom stereocenters. The van der Waals surface area contributed by atoms with E-state index in [0.717, 1.165) is 38.5 Å². The largest absolute Gasteiger partial charge is 0.385 e. The lowest BCUT2D eigenvalue weighted by molar-refractivity contribution is 0.588. The zero-order chi connectivity index (χ0) is 23.6. The molecule has 0 saturated carbocycles. The van der Waals surface area contributed by atoms with E-state index in [1.807, 2.05) is 24.2 Å². The van der Waals surface area contributed by atoms with Crippen LogP contribution in [0.25, 0.3) is 11.1 Å². The Kier molecular flexibility index (Phi) is 9.28. The van der Waals surface area contributed by atoms with Crippen molar-refractivity contribution in [3.63, 3.8) is 0 Å². The molecule has 1 saturated heterocycles. The number of unbranched alkanes of at least 4 members (excludes halogenated alkanes) is 3. The van der Waals surface area contributed by atoms with E-state index >= 15 is 0 Å². The lowest BCUT2D eigenvalue weighted by Gasteiger charge is -2.31. The minimum Gasteiger partial charge on any atom is -0.385 e. The van der Waals surface area contributed by atoms with E-state index in [1.54, 1.807) is 0 Å². The number of rotatable bonds is 11. The number of nitrogens with one attached hydrogen (secondary N) is 2. The van der Waals surface area contributed by atoms with Gasteiger partial charge >= 0.3 is 0 Å². The van der Waals surface area contributed by atoms with Gasteiger partial charge in [-0.05, 0) is 67.8 Å². The number of hydrogen-bond donors (Lipinski definition) is 2. The average Bonchev–Trinajstić information content (AvgIpc) is 2.87. The molecule has 1 fully saturated rings. The molecule has 1 aliphatic heterocycles. The highest BCUT2D eigenvalue weighted by atomic mass is 32.2. The quantitative estimate of drug-likeness (QED) is 0.244. The minimum absolute atomic E-state index is 1.04. The van der Waals surface area contributed by atoms with Crippen molar-refractivity contribution < 1.29 is 0 Å². The van der Waals surface area contributed by atoms with Gasteiger partial charge in [-0.25, -0.2) is 0 Å². The molecular weight excluding hydrogens is 436 g/mol. The van der Waals surface area contributed by atoms with E-state index in [9.17, 15) is 0 Å². The Morgan fingerprint density at radius 3 is 2.53 bits per heavy atom. The molecule has 0 radical (unpaired) electrons. The number of benzene rings is 2. The van der Waals surface area contributed by atoms with Crippen LogP contribution in [0.15, 0.2) is 65.8 Å². The van der Waals surface area contributed by atoms with Crippen molar-refractivity contribution in [1.82, 2.24) is 10.3 Å². The van der Waals surface area contributed by atoms with Crippen LogP contribution in [0.5, 0.6) is 0 Å². The molecule has 2 aromatic carbocycles. The predicted octanol–water partition coefficient (Wildman–Crippen LogP) is 6.54. The molecule has 4 rings (SSSR count). The summed E-state index contributed by atoms with van der Waals surface area (Å²) in [6.07, 6.45) is 8.92. The Labute approximate surface area is 209 Å². The smallest absolute Gasteiger partial charge is 0.0398 e. The standard InChI is InChI=1S/C29H38N4S/c1-23-7-9-25(10-8-23)27-22-31-15-13-29(27)34-20-6-4-3-5-14-32-26-11-12-28(24(2)21-26)33-18-16-30-17-19-33/h7-13,15,21-22,30,32H,3-6,14,16-20H2,1-2H3. The summed E-state index contributed by atoms with van der Waals surface area (Å²) in [6, 6.07) is 17.7. The summed E-state index contributed by atoms with van der Waals surface area (Å²) in [5, 5.41) is 7.05. The number of hydrogen-bond acceptors (Lipinski definition) is 5. The molecule has 3 aromatic rings. The van der Waals surface area contributed by atoms with Gasteiger partial charge in [-0.15, -0.1) is 11.8 Å². The van der Waals surface area contributed by atoms with E-state index in [-0.39, 0.29) is 0 Å². The highest BCUT2D eigenvalue weighted by Gasteiger charge is 2.12. The van der Waals surface area contributed by atoms with E-state index in [1.165, 1.54) is 64.2 Å². The maximum absolute atomic E-state index is 4.36. The summed E-state index contributed by atoms with van der Waals surface area (Å²) in [5.74, 6) is 1.16. The van der Waals surface area contributed by atoms with Gasteiger partial charge in [-0.3, -0.25) is 4.98 Å². The Hall–Kier alpha value is -2.50. The summed E-state index contributed by atoms with van der Waals surface area (Å²) < 4.78 is 0. The fourth-order valence-corrected chi connectivity index (χ4v) is 5.53. The minimum atomic E-state index is 1.04. The highest BCUT2D eigenvalue weighted by molar-refractivity contribution is 7.99. The van der Waals surface area contributed by atoms with Crippen molar-refractivity contribution in [2.45, 2.75) is 44.4 Å². The molecule has 2 N–H and O–H groups in total. The number of pyridine rings is 1. The van der Waals surface area contributed by atoms with Crippen LogP contribution in [0.4, 0.5) is 11.4 Å². The van der Waals surface area contributed by atoms with Crippen LogP contribution < -0.4 is 15.5 Å². The third-order valence-corrected chi connectivity index (χ3v) is 7.62. The highest BCUT2D eigenvalue weighted by Crippen LogP contribution is 2.31. The first-order valence-electron chi connectivity index (χ1n) is 12.6. The number of piperazine rings is 1. The molecule has 4 nitrogen and oxygen atoms in total. The molecule has 2 heterocycles. The van der Waals surface area contributed by atoms with E-state index in [0.29, 0.717) is 0 Å². The lowest BCUT2D eigenvalue weighted by atomic mass is 10.1. The van der Waals surface area contributed by atoms with Crippen LogP contribution in [0.3, 0.4) is 0 Å². The Morgan fingerprint density at radius 2 is 1.74 bits per heavy atom. The molecule has 0 amide bonds. The summed E-state index contributed by atoms with van der Waals surface area (Å²) in [6.45, 7) is 9.75. The van der Waals surface area contributed by atoms with Crippen molar-refractivity contribution in [3.8, 4) is 11.1 Å². The van der Waals surface area contributed by atoms with Crippen LogP contribution >= 0.6 is 11.8 Å². The van der Waals surface area contributed by atoms with Crippen molar-refractivity contribution >= 4 is 23.1 Å². The molecule has 0 atom stereocenters. The topological polar surface area (TPSA) is 40.2 Å². The molecule has 0 aliphatic carbocycles. The van der Waals surface area contributed by atoms with Gasteiger partial charge in [0.2, 0.25) is 0 Å². The first-order chi connectivity index (χ1) is 16.7. The zero-order valence-corrected chi connectivity index (χ0v) is 21.5. The van der Waals surface area contributed by atoms with E-state index in [2.05, 4.69) is 82.9 Å². The first kappa shape index (κ1) is 24.6. The second kappa shape index (κ2) is 12.8. The maximum atomic E-state index is 4.36. The van der Waals surface area contributed by atoms with Gasteiger partial charge in [-0.1, -0.05) is 42.7 Å². The summed E-state index contributed by atoms with van der Waals surface area (Å²) >= 11 is 1.96. The van der Waals surface area contributed by atoms with Crippen LogP contribution in [0.1, 0.15) is 36.8 Å². The lowest BCUT2D eigenvalue weighted by Crippen LogP contribution is -2.43. The number of nitrogens with zero attached hydrogens (tertiary/aromatic N) is 2. The second-order valence-electron chi connectivity index (χ2n) is 9.17. The van der Waals surface area contributed by atoms with Gasteiger partial charge in [0.1, 0.15) is 0 Å². The van der Waals surface area contributed by atoms with Crippen LogP contribution in [-0.2, 0) is 0 Å². The van der Waals surface area contributed by atoms with Crippen molar-refractivity contribution in [2.75, 3.05) is 48.7 Å². The molecule has 0 bridgehead atoms. The Bertz CT molecular complexity index is 1030. The fourth-order valence-electron chi connectivity index (χ4n) is 4.48. The van der Waals surface area contributed by atoms with Gasteiger partial charge in [0.05, 0.1) is 0 Å². The van der Waals surface area contributed by atoms with Gasteiger partial charge in [0.25, 0.3) is 0 Å². The van der Waals surface area contributed by atoms with Crippen LogP contribution in [0, 0.1) is 13.8 Å². The van der Waals surface area contributed by atoms with Crippen LogP contribution in [-0.4, -0.2) is 43.5 Å². The number of aromatic nitrogens is 1. The van der Waals surface area contributed by atoms with Gasteiger partial charge in [0.15, 0.2) is 0 Å². The molecule has 1 aromatic heterocycles. The van der Waals surface area contributed by atoms with Crippen molar-refractivity contribution in [2.24, 2.45) is 0 Å². The SMILES string of the molecule is Cc1ccc(-c2cnccc2SCCCCCCNc2ccc(N3CCNCC3)c(C)c2)cc1. The zero-order valence-electron chi connectivity index (χ0n) is 20.6. The number of aryl methyl sites for hydroxylation is 2. The summed E-state index contributed by atoms with van der Waals surface area (Å²) in [4.78, 5) is 8.18. The monoisotopic (exact) mass is 474 g/mol. The molecule has 180 valence electrons. The van der Waals surface area contributed by atoms with Gasteiger partial charge < -0.3 is 15.5 Å². The van der Waals surface area contributed by atoms with E-state index < -0.39 is 0 Å². The number of thioether (sulfide) groups is 1. The summed E-state index contributed by atoms with van der Waals surface area (Å²) in [5.41, 5.74) is 7.78. The molecule has 34 heavy (non-hydrogen) atoms. The van der Waals surface area contributed by atoms with Gasteiger partial charge in [-0.2, -0.15) is 0 Å². The Morgan fingerprint density at radius 1 is 0.941 bits per heavy atom. The fraction of sp³-hybridized carbons (Fsp3) is 0.414. The molecule has 1 aliphatic rings. The Balaban J connectivity index is 1.13. The van der Waals surface area contributed by atoms with Crippen LogP contribution in [0.2, 0.25) is 0 Å². The van der Waals surface area contributed by atoms with Gasteiger partial charge in [0, 0.05) is 67.0 Å².